The highest BCUT2D eigenvalue weighted by Crippen LogP contribution is 2.33. The Balaban J connectivity index is 1.65. The number of benzene rings is 1. The van der Waals surface area contributed by atoms with Crippen molar-refractivity contribution in [2.45, 2.75) is 18.5 Å². The molecular weight excluding hydrogens is 388 g/mol. The second-order valence-corrected chi connectivity index (χ2v) is 8.67. The van der Waals surface area contributed by atoms with Crippen LogP contribution in [0.15, 0.2) is 23.2 Å². The van der Waals surface area contributed by atoms with Gasteiger partial charge in [0.2, 0.25) is 0 Å². The molecule has 2 saturated heterocycles. The normalized spacial score (nSPS) is 23.1. The molecule has 1 N–H and O–H groups in total. The van der Waals surface area contributed by atoms with Crippen molar-refractivity contribution in [1.29, 1.82) is 0 Å². The first-order valence-corrected chi connectivity index (χ1v) is 11.3. The Hall–Kier alpha value is -1.64. The zero-order valence-electron chi connectivity index (χ0n) is 18.1. The number of ether oxygens (including phenoxy) is 3. The van der Waals surface area contributed by atoms with E-state index in [0.29, 0.717) is 6.54 Å². The fourth-order valence-corrected chi connectivity index (χ4v) is 5.55. The van der Waals surface area contributed by atoms with Crippen LogP contribution >= 0.6 is 11.8 Å². The van der Waals surface area contributed by atoms with E-state index >= 15 is 0 Å². The molecule has 2 heterocycles. The first kappa shape index (κ1) is 22.1. The maximum absolute atomic E-state index is 5.57. The molecule has 2 fully saturated rings. The average Bonchev–Trinajstić information content (AvgIpc) is 3.25. The molecule has 0 bridgehead atoms. The van der Waals surface area contributed by atoms with Crippen LogP contribution in [0.1, 0.15) is 12.0 Å². The van der Waals surface area contributed by atoms with Crippen LogP contribution in [0.2, 0.25) is 0 Å². The highest BCUT2D eigenvalue weighted by atomic mass is 32.2. The van der Waals surface area contributed by atoms with Crippen LogP contribution in [0.25, 0.3) is 0 Å². The summed E-state index contributed by atoms with van der Waals surface area (Å²) in [6.07, 6.45) is 1.21. The molecule has 8 heteroatoms. The number of aliphatic imine (C=N–C) groups is 1. The van der Waals surface area contributed by atoms with Crippen LogP contribution in [0.3, 0.4) is 0 Å². The topological polar surface area (TPSA) is 58.6 Å². The molecule has 2 aliphatic heterocycles. The van der Waals surface area contributed by atoms with Crippen LogP contribution in [0.5, 0.6) is 11.5 Å². The molecule has 29 heavy (non-hydrogen) atoms. The van der Waals surface area contributed by atoms with E-state index in [1.165, 1.54) is 12.2 Å². The van der Waals surface area contributed by atoms with Crippen molar-refractivity contribution < 1.29 is 14.2 Å². The average molecular weight is 423 g/mol. The third-order valence-corrected chi connectivity index (χ3v) is 7.05. The van der Waals surface area contributed by atoms with Crippen LogP contribution in [0.4, 0.5) is 0 Å². The second-order valence-electron chi connectivity index (χ2n) is 7.56. The number of nitrogens with one attached hydrogen (secondary N) is 1. The lowest BCUT2D eigenvalue weighted by molar-refractivity contribution is -0.0121. The minimum atomic E-state index is 0.184. The number of hydrogen-bond donors (Lipinski definition) is 1. The molecule has 0 aromatic heterocycles. The number of rotatable bonds is 7. The Morgan fingerprint density at radius 1 is 1.31 bits per heavy atom. The van der Waals surface area contributed by atoms with Crippen molar-refractivity contribution in [2.24, 2.45) is 4.99 Å². The van der Waals surface area contributed by atoms with Gasteiger partial charge < -0.3 is 24.4 Å². The minimum absolute atomic E-state index is 0.184. The van der Waals surface area contributed by atoms with E-state index in [4.69, 9.17) is 14.2 Å². The van der Waals surface area contributed by atoms with E-state index in [2.05, 4.69) is 27.2 Å². The molecule has 3 rings (SSSR count). The van der Waals surface area contributed by atoms with Gasteiger partial charge >= 0.3 is 0 Å². The Kier molecular flexibility index (Phi) is 7.91. The molecule has 7 nitrogen and oxygen atoms in total. The predicted molar refractivity (Wildman–Crippen MR) is 119 cm³/mol. The number of thioether (sulfide) groups is 1. The number of methoxy groups -OCH3 is 2. The Morgan fingerprint density at radius 2 is 2.10 bits per heavy atom. The molecular formula is C21H34N4O3S. The summed E-state index contributed by atoms with van der Waals surface area (Å²) in [5.74, 6) is 4.89. The quantitative estimate of drug-likeness (QED) is 0.532. The summed E-state index contributed by atoms with van der Waals surface area (Å²) in [7, 11) is 7.26. The van der Waals surface area contributed by atoms with Gasteiger partial charge in [-0.2, -0.15) is 11.8 Å². The fourth-order valence-electron chi connectivity index (χ4n) is 4.08. The molecule has 1 atom stereocenters. The Labute approximate surface area is 178 Å². The van der Waals surface area contributed by atoms with Crippen molar-refractivity contribution in [3.8, 4) is 11.5 Å². The number of guanidine groups is 1. The highest BCUT2D eigenvalue weighted by molar-refractivity contribution is 7.99. The minimum Gasteiger partial charge on any atom is -0.497 e. The molecule has 1 aromatic rings. The van der Waals surface area contributed by atoms with E-state index in [-0.39, 0.29) is 5.54 Å². The Morgan fingerprint density at radius 3 is 2.72 bits per heavy atom. The van der Waals surface area contributed by atoms with Gasteiger partial charge in [-0.05, 0) is 24.3 Å². The van der Waals surface area contributed by atoms with E-state index in [0.717, 1.165) is 61.6 Å². The van der Waals surface area contributed by atoms with Crippen molar-refractivity contribution in [3.05, 3.63) is 23.8 Å². The van der Waals surface area contributed by atoms with Crippen molar-refractivity contribution in [2.75, 3.05) is 72.7 Å². The van der Waals surface area contributed by atoms with E-state index in [1.54, 1.807) is 14.2 Å². The van der Waals surface area contributed by atoms with Gasteiger partial charge in [-0.25, -0.2) is 0 Å². The van der Waals surface area contributed by atoms with Gasteiger partial charge in [-0.15, -0.1) is 0 Å². The van der Waals surface area contributed by atoms with Gasteiger partial charge in [0.15, 0.2) is 5.96 Å². The third kappa shape index (κ3) is 5.29. The van der Waals surface area contributed by atoms with Gasteiger partial charge in [0.05, 0.1) is 27.4 Å². The van der Waals surface area contributed by atoms with Crippen LogP contribution in [0, 0.1) is 0 Å². The van der Waals surface area contributed by atoms with Gasteiger partial charge in [0.25, 0.3) is 0 Å². The summed E-state index contributed by atoms with van der Waals surface area (Å²) >= 11 is 2.05. The van der Waals surface area contributed by atoms with E-state index in [1.807, 2.05) is 37.0 Å². The maximum atomic E-state index is 5.57. The SMILES string of the molecule is CN=C(NCC1(N2CCOCC2)CCSC1)N(C)Cc1ccc(OC)cc1OC. The Bertz CT molecular complexity index is 689. The van der Waals surface area contributed by atoms with Crippen molar-refractivity contribution in [1.82, 2.24) is 15.1 Å². The highest BCUT2D eigenvalue weighted by Gasteiger charge is 2.40. The molecule has 0 spiro atoms. The monoisotopic (exact) mass is 422 g/mol. The summed E-state index contributed by atoms with van der Waals surface area (Å²) in [4.78, 5) is 9.28. The molecule has 0 amide bonds. The lowest BCUT2D eigenvalue weighted by Crippen LogP contribution is -2.60. The molecule has 2 aliphatic rings. The van der Waals surface area contributed by atoms with Crippen molar-refractivity contribution in [3.63, 3.8) is 0 Å². The molecule has 0 radical (unpaired) electrons. The number of nitrogens with zero attached hydrogens (tertiary/aromatic N) is 3. The zero-order chi connectivity index (χ0) is 20.7. The van der Waals surface area contributed by atoms with Crippen LogP contribution < -0.4 is 14.8 Å². The molecule has 0 saturated carbocycles. The predicted octanol–water partition coefficient (Wildman–Crippen LogP) is 1.92. The smallest absolute Gasteiger partial charge is 0.193 e. The van der Waals surface area contributed by atoms with Crippen LogP contribution in [-0.2, 0) is 11.3 Å². The summed E-state index contributed by atoms with van der Waals surface area (Å²) in [6.45, 7) is 5.29. The van der Waals surface area contributed by atoms with Gasteiger partial charge in [0, 0.05) is 63.2 Å². The van der Waals surface area contributed by atoms with Gasteiger partial charge in [-0.3, -0.25) is 9.89 Å². The summed E-state index contributed by atoms with van der Waals surface area (Å²) in [5, 5.41) is 3.64. The summed E-state index contributed by atoms with van der Waals surface area (Å²) in [6, 6.07) is 5.93. The first-order valence-electron chi connectivity index (χ1n) is 10.1. The van der Waals surface area contributed by atoms with E-state index in [9.17, 15) is 0 Å². The number of morpholine rings is 1. The zero-order valence-corrected chi connectivity index (χ0v) is 18.9. The molecule has 162 valence electrons. The van der Waals surface area contributed by atoms with Crippen LogP contribution in [-0.4, -0.2) is 94.0 Å². The molecule has 1 unspecified atom stereocenters. The lowest BCUT2D eigenvalue weighted by Gasteiger charge is -2.43. The summed E-state index contributed by atoms with van der Waals surface area (Å²) < 4.78 is 16.4. The standard InChI is InChI=1S/C21H34N4O3S/c1-22-20(24(2)14-17-5-6-18(26-3)13-19(17)27-4)23-15-21(7-12-29-16-21)25-8-10-28-11-9-25/h5-6,13H,7-12,14-16H2,1-4H3,(H,22,23). The fraction of sp³-hybridized carbons (Fsp3) is 0.667. The molecule has 0 aliphatic carbocycles. The van der Waals surface area contributed by atoms with Crippen molar-refractivity contribution >= 4 is 17.7 Å². The second kappa shape index (κ2) is 10.4. The third-order valence-electron chi connectivity index (χ3n) is 5.82. The number of hydrogen-bond acceptors (Lipinski definition) is 6. The first-order chi connectivity index (χ1) is 14.1. The van der Waals surface area contributed by atoms with E-state index < -0.39 is 0 Å². The molecule has 1 aromatic carbocycles. The van der Waals surface area contributed by atoms with Gasteiger partial charge in [0.1, 0.15) is 11.5 Å². The van der Waals surface area contributed by atoms with Gasteiger partial charge in [-0.1, -0.05) is 0 Å². The lowest BCUT2D eigenvalue weighted by atomic mass is 9.95. The summed E-state index contributed by atoms with van der Waals surface area (Å²) in [5.41, 5.74) is 1.28. The largest absolute Gasteiger partial charge is 0.497 e. The maximum Gasteiger partial charge on any atom is 0.193 e.